The van der Waals surface area contributed by atoms with Crippen molar-refractivity contribution in [3.8, 4) is 0 Å². The summed E-state index contributed by atoms with van der Waals surface area (Å²) in [6, 6.07) is 0. The van der Waals surface area contributed by atoms with Crippen molar-refractivity contribution in [1.29, 1.82) is 0 Å². The third-order valence-electron chi connectivity index (χ3n) is 5.25. The van der Waals surface area contributed by atoms with Gasteiger partial charge in [-0.1, -0.05) is 5.57 Å². The summed E-state index contributed by atoms with van der Waals surface area (Å²) in [7, 11) is 0. The van der Waals surface area contributed by atoms with Gasteiger partial charge in [0.15, 0.2) is 0 Å². The molecule has 1 heterocycles. The molecule has 0 unspecified atom stereocenters. The average Bonchev–Trinajstić information content (AvgIpc) is 2.69. The second-order valence-corrected chi connectivity index (χ2v) is 6.17. The third-order valence-corrected chi connectivity index (χ3v) is 5.25. The lowest BCUT2D eigenvalue weighted by Gasteiger charge is -2.52. The van der Waals surface area contributed by atoms with Crippen LogP contribution in [0.4, 0.5) is 0 Å². The molecule has 4 saturated carbocycles. The Balaban J connectivity index is 1.73. The molecular formula is C14H20O. The van der Waals surface area contributed by atoms with Gasteiger partial charge in [-0.15, -0.1) is 0 Å². The van der Waals surface area contributed by atoms with Crippen LogP contribution in [0.5, 0.6) is 0 Å². The van der Waals surface area contributed by atoms with Gasteiger partial charge in [0, 0.05) is 0 Å². The summed E-state index contributed by atoms with van der Waals surface area (Å²) in [4.78, 5) is 0. The molecule has 0 radical (unpaired) electrons. The van der Waals surface area contributed by atoms with Crippen molar-refractivity contribution in [2.45, 2.75) is 38.5 Å². The fourth-order valence-corrected chi connectivity index (χ4v) is 4.96. The second-order valence-electron chi connectivity index (χ2n) is 6.17. The Kier molecular flexibility index (Phi) is 1.82. The molecule has 4 aliphatic carbocycles. The van der Waals surface area contributed by atoms with Crippen LogP contribution in [0.3, 0.4) is 0 Å². The minimum atomic E-state index is 0.970. The number of ether oxygens (including phenoxy) is 1. The Labute approximate surface area is 91.9 Å². The van der Waals surface area contributed by atoms with Crippen LogP contribution in [0.25, 0.3) is 0 Å². The van der Waals surface area contributed by atoms with Crippen LogP contribution >= 0.6 is 0 Å². The number of hydrogen-bond acceptors (Lipinski definition) is 1. The molecule has 15 heavy (non-hydrogen) atoms. The van der Waals surface area contributed by atoms with Crippen LogP contribution in [0.1, 0.15) is 38.5 Å². The Morgan fingerprint density at radius 2 is 1.53 bits per heavy atom. The van der Waals surface area contributed by atoms with Gasteiger partial charge in [0.2, 0.25) is 0 Å². The van der Waals surface area contributed by atoms with E-state index in [1.165, 1.54) is 32.1 Å². The summed E-state index contributed by atoms with van der Waals surface area (Å²) >= 11 is 0. The van der Waals surface area contributed by atoms with E-state index in [-0.39, 0.29) is 0 Å². The molecule has 0 aromatic heterocycles. The van der Waals surface area contributed by atoms with Crippen LogP contribution in [0.15, 0.2) is 11.1 Å². The molecule has 5 aliphatic rings. The highest BCUT2D eigenvalue weighted by atomic mass is 16.5. The Hall–Kier alpha value is -0.300. The number of hydrogen-bond donors (Lipinski definition) is 0. The monoisotopic (exact) mass is 204 g/mol. The molecule has 0 spiro atoms. The normalized spacial score (nSPS) is 48.0. The maximum atomic E-state index is 5.56. The maximum absolute atomic E-state index is 5.56. The molecule has 0 aromatic carbocycles. The molecule has 0 atom stereocenters. The highest BCUT2D eigenvalue weighted by molar-refractivity contribution is 5.27. The van der Waals surface area contributed by atoms with Gasteiger partial charge in [0.25, 0.3) is 0 Å². The van der Waals surface area contributed by atoms with E-state index in [1.807, 2.05) is 5.57 Å². The standard InChI is InChI=1S/C14H20O/c1-2-15-8-11(1)14-12-4-9-3-10(6-12)7-13(14)5-9/h9-10,12-13H,1-8H2. The highest BCUT2D eigenvalue weighted by Crippen LogP contribution is 2.57. The van der Waals surface area contributed by atoms with Gasteiger partial charge in [-0.3, -0.25) is 0 Å². The lowest BCUT2D eigenvalue weighted by molar-refractivity contribution is 0.0677. The SMILES string of the molecule is C1CC(=C2C3CC4CC(C3)CC2C4)CO1. The van der Waals surface area contributed by atoms with Gasteiger partial charge in [0.05, 0.1) is 13.2 Å². The van der Waals surface area contributed by atoms with E-state index in [0.717, 1.165) is 36.9 Å². The predicted octanol–water partition coefficient (Wildman–Crippen LogP) is 3.16. The molecule has 4 bridgehead atoms. The Bertz CT molecular complexity index is 277. The first-order chi connectivity index (χ1) is 7.40. The molecule has 5 fully saturated rings. The first-order valence-electron chi connectivity index (χ1n) is 6.69. The highest BCUT2D eigenvalue weighted by Gasteiger charge is 2.46. The van der Waals surface area contributed by atoms with Crippen LogP contribution < -0.4 is 0 Å². The Morgan fingerprint density at radius 3 is 2.07 bits per heavy atom. The van der Waals surface area contributed by atoms with Crippen LogP contribution in [0.2, 0.25) is 0 Å². The summed E-state index contributed by atoms with van der Waals surface area (Å²) in [6.45, 7) is 1.96. The lowest BCUT2D eigenvalue weighted by Crippen LogP contribution is -2.41. The van der Waals surface area contributed by atoms with Crippen LogP contribution in [-0.4, -0.2) is 13.2 Å². The summed E-state index contributed by atoms with van der Waals surface area (Å²) in [5, 5.41) is 0. The zero-order valence-electron chi connectivity index (χ0n) is 9.37. The minimum Gasteiger partial charge on any atom is -0.377 e. The molecule has 0 aromatic rings. The van der Waals surface area contributed by atoms with E-state index in [4.69, 9.17) is 4.74 Å². The largest absolute Gasteiger partial charge is 0.377 e. The van der Waals surface area contributed by atoms with Crippen molar-refractivity contribution in [2.24, 2.45) is 23.7 Å². The maximum Gasteiger partial charge on any atom is 0.0680 e. The van der Waals surface area contributed by atoms with Gasteiger partial charge in [-0.25, -0.2) is 0 Å². The van der Waals surface area contributed by atoms with Crippen molar-refractivity contribution in [3.05, 3.63) is 11.1 Å². The van der Waals surface area contributed by atoms with Crippen LogP contribution in [0, 0.1) is 23.7 Å². The first kappa shape index (κ1) is 8.81. The lowest BCUT2D eigenvalue weighted by atomic mass is 9.53. The van der Waals surface area contributed by atoms with E-state index < -0.39 is 0 Å². The predicted molar refractivity (Wildman–Crippen MR) is 59.5 cm³/mol. The third kappa shape index (κ3) is 1.25. The zero-order valence-corrected chi connectivity index (χ0v) is 9.37. The van der Waals surface area contributed by atoms with Crippen molar-refractivity contribution in [2.75, 3.05) is 13.2 Å². The molecule has 0 N–H and O–H groups in total. The van der Waals surface area contributed by atoms with Crippen molar-refractivity contribution >= 4 is 0 Å². The molecule has 1 aliphatic heterocycles. The summed E-state index contributed by atoms with van der Waals surface area (Å²) in [5.74, 6) is 4.16. The van der Waals surface area contributed by atoms with E-state index in [9.17, 15) is 0 Å². The minimum absolute atomic E-state index is 0.970. The Morgan fingerprint density at radius 1 is 0.867 bits per heavy atom. The number of allylic oxidation sites excluding steroid dienone is 1. The fourth-order valence-electron chi connectivity index (χ4n) is 4.96. The fraction of sp³-hybridized carbons (Fsp3) is 0.857. The molecule has 1 heteroatoms. The van der Waals surface area contributed by atoms with Gasteiger partial charge < -0.3 is 4.74 Å². The van der Waals surface area contributed by atoms with Crippen molar-refractivity contribution < 1.29 is 4.74 Å². The smallest absolute Gasteiger partial charge is 0.0680 e. The quantitative estimate of drug-likeness (QED) is 0.551. The molecule has 1 nitrogen and oxygen atoms in total. The van der Waals surface area contributed by atoms with Crippen molar-refractivity contribution in [3.63, 3.8) is 0 Å². The van der Waals surface area contributed by atoms with Gasteiger partial charge >= 0.3 is 0 Å². The topological polar surface area (TPSA) is 9.23 Å². The van der Waals surface area contributed by atoms with Gasteiger partial charge in [-0.2, -0.15) is 0 Å². The van der Waals surface area contributed by atoms with E-state index in [2.05, 4.69) is 0 Å². The average molecular weight is 204 g/mol. The molecule has 1 saturated heterocycles. The van der Waals surface area contributed by atoms with Gasteiger partial charge in [-0.05, 0) is 67.8 Å². The van der Waals surface area contributed by atoms with E-state index in [0.29, 0.717) is 0 Å². The summed E-state index contributed by atoms with van der Waals surface area (Å²) in [6.07, 6.45) is 8.89. The summed E-state index contributed by atoms with van der Waals surface area (Å²) in [5.41, 5.74) is 3.60. The van der Waals surface area contributed by atoms with Crippen LogP contribution in [-0.2, 0) is 4.74 Å². The van der Waals surface area contributed by atoms with Crippen molar-refractivity contribution in [1.82, 2.24) is 0 Å². The molecular weight excluding hydrogens is 184 g/mol. The zero-order chi connectivity index (χ0) is 9.83. The van der Waals surface area contributed by atoms with E-state index in [1.54, 1.807) is 12.0 Å². The molecule has 82 valence electrons. The molecule has 0 amide bonds. The molecule has 5 rings (SSSR count). The first-order valence-corrected chi connectivity index (χ1v) is 6.69. The second kappa shape index (κ2) is 3.10. The van der Waals surface area contributed by atoms with Gasteiger partial charge in [0.1, 0.15) is 0 Å². The summed E-state index contributed by atoms with van der Waals surface area (Å²) < 4.78 is 5.56. The number of rotatable bonds is 0. The van der Waals surface area contributed by atoms with E-state index >= 15 is 0 Å².